The van der Waals surface area contributed by atoms with Crippen LogP contribution in [-0.2, 0) is 14.4 Å². The molecular weight excluding hydrogens is 1220 g/mol. The molecule has 1 heterocycles. The van der Waals surface area contributed by atoms with Gasteiger partial charge in [0, 0.05) is 162 Å². The van der Waals surface area contributed by atoms with Crippen LogP contribution in [0.4, 0.5) is 0 Å². The van der Waals surface area contributed by atoms with Crippen LogP contribution in [0.2, 0.25) is 0 Å². The van der Waals surface area contributed by atoms with E-state index in [0.29, 0.717) is 0 Å². The normalized spacial score (nSPS) is 15.7. The minimum Gasteiger partial charge on any atom is -0.395 e. The minimum atomic E-state index is -0.702. The summed E-state index contributed by atoms with van der Waals surface area (Å²) < 4.78 is 1.83. The summed E-state index contributed by atoms with van der Waals surface area (Å²) in [6.45, 7) is 9.96. The standard InChI is InChI=1S/C13H20NO2.C10H15NO2.C5H9BrO2.3Ac/c1-13(2,9-15)12(16)10-5-7-11(8-6-10)14(3)4;1-10(2,8-12)9(13)11-6-4-3-5-7-11;1-5(2,3-7)4(6)8;;;/h5-8,10,15H,9H2,1-4H3;4-7,12H,3,8H2,1-2H3;7H,3H2,1-2H3;;;/q+1;;;;;. The molecule has 12 heteroatoms. The number of aliphatic hydroxyl groups excluding tert-OH is 3. The number of carbonyl (C=O) groups is 3. The summed E-state index contributed by atoms with van der Waals surface area (Å²) in [4.78, 5) is 35.7. The van der Waals surface area contributed by atoms with E-state index in [1.54, 1.807) is 53.9 Å². The molecule has 1 amide bonds. The summed E-state index contributed by atoms with van der Waals surface area (Å²) in [5.74, 6) is -0.242. The van der Waals surface area contributed by atoms with Crippen LogP contribution in [0.25, 0.3) is 0 Å². The van der Waals surface area contributed by atoms with Gasteiger partial charge >= 0.3 is 0 Å². The summed E-state index contributed by atoms with van der Waals surface area (Å²) in [6.07, 6.45) is 15.8. The fourth-order valence-corrected chi connectivity index (χ4v) is 2.74. The number of amides is 1. The van der Waals surface area contributed by atoms with E-state index in [4.69, 9.17) is 15.3 Å². The summed E-state index contributed by atoms with van der Waals surface area (Å²) in [5.41, 5.74) is -0.924. The number of allylic oxidation sites excluding steroid dienone is 6. The molecule has 0 fully saturated rings. The molecule has 0 aromatic heterocycles. The molecule has 1 aliphatic heterocycles. The first-order valence-electron chi connectivity index (χ1n) is 12.1. The zero-order chi connectivity index (χ0) is 29.0. The molecule has 0 atom stereocenters. The van der Waals surface area contributed by atoms with E-state index in [-0.39, 0.29) is 174 Å². The van der Waals surface area contributed by atoms with Gasteiger partial charge in [0.2, 0.25) is 10.6 Å². The van der Waals surface area contributed by atoms with Gasteiger partial charge in [-0.3, -0.25) is 19.3 Å². The number of carbonyl (C=O) groups excluding carboxylic acids is 3. The van der Waals surface area contributed by atoms with Crippen molar-refractivity contribution in [2.24, 2.45) is 22.2 Å². The molecule has 3 radical (unpaired) electrons. The summed E-state index contributed by atoms with van der Waals surface area (Å²) in [5, 5.41) is 26.7. The molecule has 217 valence electrons. The van der Waals surface area contributed by atoms with Crippen molar-refractivity contribution >= 4 is 38.0 Å². The van der Waals surface area contributed by atoms with E-state index < -0.39 is 16.2 Å². The Morgan fingerprint density at radius 3 is 1.52 bits per heavy atom. The molecule has 2 rings (SSSR count). The maximum absolute atomic E-state index is 12.0. The molecule has 1 aliphatic carbocycles. The molecule has 0 aromatic rings. The Labute approximate surface area is 356 Å². The van der Waals surface area contributed by atoms with Gasteiger partial charge < -0.3 is 15.3 Å². The van der Waals surface area contributed by atoms with Crippen LogP contribution in [0, 0.1) is 154 Å². The predicted molar refractivity (Wildman–Crippen MR) is 150 cm³/mol. The average molecular weight is 1270 g/mol. The zero-order valence-electron chi connectivity index (χ0n) is 25.1. The Balaban J connectivity index is -0.000000246. The number of ketones is 1. The Morgan fingerprint density at radius 1 is 0.825 bits per heavy atom. The Hall–Kier alpha value is 2.12. The van der Waals surface area contributed by atoms with Crippen molar-refractivity contribution in [3.63, 3.8) is 0 Å². The molecule has 3 N–H and O–H groups in total. The smallest absolute Gasteiger partial charge is 0.238 e. The van der Waals surface area contributed by atoms with E-state index in [1.165, 1.54) is 4.90 Å². The van der Waals surface area contributed by atoms with Gasteiger partial charge in [-0.2, -0.15) is 0 Å². The van der Waals surface area contributed by atoms with Crippen molar-refractivity contribution in [2.45, 2.75) is 48.0 Å². The van der Waals surface area contributed by atoms with Crippen molar-refractivity contribution in [3.05, 3.63) is 48.9 Å². The van der Waals surface area contributed by atoms with Gasteiger partial charge in [-0.05, 0) is 50.0 Å². The summed E-state index contributed by atoms with van der Waals surface area (Å²) in [6, 6.07) is 0. The van der Waals surface area contributed by atoms with Crippen LogP contribution in [0.5, 0.6) is 0 Å². The number of halogens is 1. The maximum atomic E-state index is 12.0. The van der Waals surface area contributed by atoms with Crippen molar-refractivity contribution in [1.29, 1.82) is 0 Å². The Bertz CT molecular complexity index is 941. The molecule has 0 aromatic carbocycles. The third-order valence-electron chi connectivity index (χ3n) is 5.77. The number of hydrogen-bond donors (Lipinski definition) is 3. The number of hydrogen-bond acceptors (Lipinski definition) is 6. The van der Waals surface area contributed by atoms with Crippen molar-refractivity contribution in [3.8, 4) is 0 Å². The predicted octanol–water partition coefficient (Wildman–Crippen LogP) is 3.22. The van der Waals surface area contributed by atoms with Gasteiger partial charge in [-0.1, -0.05) is 38.2 Å². The maximum Gasteiger partial charge on any atom is 0.238 e. The first-order chi connectivity index (χ1) is 17.0. The van der Waals surface area contributed by atoms with Crippen LogP contribution >= 0.6 is 15.9 Å². The van der Waals surface area contributed by atoms with Gasteiger partial charge in [0.1, 0.15) is 14.1 Å². The number of Topliss-reactive ketones (excluding diaryl/α,β-unsaturated/α-hetero) is 1. The van der Waals surface area contributed by atoms with Gasteiger partial charge in [0.15, 0.2) is 11.5 Å². The first kappa shape index (κ1) is 49.0. The van der Waals surface area contributed by atoms with Gasteiger partial charge in [-0.15, -0.1) is 0 Å². The van der Waals surface area contributed by atoms with Crippen molar-refractivity contribution < 1.29 is 166 Å². The minimum absolute atomic E-state index is 0. The molecule has 0 spiro atoms. The second-order valence-corrected chi connectivity index (χ2v) is 11.8. The molecule has 8 nitrogen and oxygen atoms in total. The quantitative estimate of drug-likeness (QED) is 0.267. The van der Waals surface area contributed by atoms with Crippen molar-refractivity contribution in [2.75, 3.05) is 33.9 Å². The molecule has 0 saturated heterocycles. The number of rotatable bonds is 7. The molecule has 40 heavy (non-hydrogen) atoms. The number of aliphatic hydroxyl groups is 3. The Morgan fingerprint density at radius 2 is 1.23 bits per heavy atom. The molecule has 0 unspecified atom stereocenters. The summed E-state index contributed by atoms with van der Waals surface area (Å²) >= 11 is 2.76. The van der Waals surface area contributed by atoms with E-state index in [0.717, 1.165) is 12.1 Å². The van der Waals surface area contributed by atoms with Gasteiger partial charge in [-0.25, -0.2) is 4.58 Å². The first-order valence-corrected chi connectivity index (χ1v) is 12.9. The summed E-state index contributed by atoms with van der Waals surface area (Å²) in [7, 11) is 3.92. The second-order valence-electron chi connectivity index (χ2n) is 11.0. The number of nitrogens with zero attached hydrogens (tertiary/aromatic N) is 2. The van der Waals surface area contributed by atoms with Gasteiger partial charge in [0.05, 0.1) is 36.6 Å². The van der Waals surface area contributed by atoms with Crippen LogP contribution in [0.1, 0.15) is 48.0 Å². The molecule has 2 aliphatic rings. The fraction of sp³-hybridized carbons (Fsp3) is 0.571. The molecule has 0 bridgehead atoms. The monoisotopic (exact) mass is 1260 g/mol. The fourth-order valence-electron chi connectivity index (χ4n) is 2.62. The van der Waals surface area contributed by atoms with E-state index in [2.05, 4.69) is 15.9 Å². The Kier molecular flexibility index (Phi) is 28.7. The van der Waals surface area contributed by atoms with Crippen LogP contribution in [0.15, 0.2) is 48.9 Å². The topological polar surface area (TPSA) is 118 Å². The van der Waals surface area contributed by atoms with Crippen molar-refractivity contribution in [1.82, 2.24) is 4.90 Å². The van der Waals surface area contributed by atoms with Crippen LogP contribution in [0.3, 0.4) is 0 Å². The average Bonchev–Trinajstić information content (AvgIpc) is 2.88. The molecule has 0 saturated carbocycles. The SMILES string of the molecule is CC(C)(CO)C(=O)Br.CC(C)(CO)C(=O)N1C=CCC=C1.C[N+](C)=C1C=CC(C(=O)C(C)(C)CO)C=C1.[Ac].[Ac].[Ac]. The van der Waals surface area contributed by atoms with E-state index in [9.17, 15) is 14.4 Å². The zero-order valence-corrected chi connectivity index (χ0v) is 40.9. The van der Waals surface area contributed by atoms with E-state index >= 15 is 0 Å². The van der Waals surface area contributed by atoms with Crippen LogP contribution < -0.4 is 0 Å². The van der Waals surface area contributed by atoms with Crippen LogP contribution in [-0.4, -0.2) is 80.8 Å². The molecular formula is C28H44Ac3BrN2O6+. The largest absolute Gasteiger partial charge is 0.395 e. The third kappa shape index (κ3) is 17.6. The third-order valence-corrected chi connectivity index (χ3v) is 6.84. The second kappa shape index (κ2) is 23.5. The van der Waals surface area contributed by atoms with E-state index in [1.807, 2.05) is 55.1 Å². The van der Waals surface area contributed by atoms with Gasteiger partial charge in [0.25, 0.3) is 0 Å².